The molecule has 1 amide bonds. The first-order chi connectivity index (χ1) is 9.70. The van der Waals surface area contributed by atoms with Gasteiger partial charge in [-0.05, 0) is 44.3 Å². The third kappa shape index (κ3) is 3.83. The zero-order valence-corrected chi connectivity index (χ0v) is 11.8. The topological polar surface area (TPSA) is 43.8 Å². The van der Waals surface area contributed by atoms with Crippen molar-refractivity contribution in [2.75, 3.05) is 39.8 Å². The van der Waals surface area contributed by atoms with Crippen LogP contribution in [0.3, 0.4) is 0 Å². The van der Waals surface area contributed by atoms with Gasteiger partial charge in [-0.25, -0.2) is 0 Å². The van der Waals surface area contributed by atoms with Crippen LogP contribution in [0.1, 0.15) is 22.3 Å². The molecular formula is C16H20N2O2. The van der Waals surface area contributed by atoms with Crippen molar-refractivity contribution in [1.82, 2.24) is 9.80 Å². The van der Waals surface area contributed by atoms with Crippen molar-refractivity contribution in [2.45, 2.75) is 6.42 Å². The number of aliphatic hydroxyl groups excluding tert-OH is 1. The van der Waals surface area contributed by atoms with Crippen molar-refractivity contribution in [3.63, 3.8) is 0 Å². The number of likely N-dealkylation sites (N-methyl/N-ethyl adjacent to an activating group) is 1. The Bertz CT molecular complexity index is 514. The summed E-state index contributed by atoms with van der Waals surface area (Å²) in [7, 11) is 2.09. The minimum absolute atomic E-state index is 0.0852. The van der Waals surface area contributed by atoms with Crippen LogP contribution >= 0.6 is 0 Å². The summed E-state index contributed by atoms with van der Waals surface area (Å²) in [5.74, 6) is 5.50. The van der Waals surface area contributed by atoms with E-state index >= 15 is 0 Å². The second-order valence-electron chi connectivity index (χ2n) is 4.99. The third-order valence-corrected chi connectivity index (χ3v) is 3.45. The molecule has 0 bridgehead atoms. The molecule has 1 N–H and O–H groups in total. The van der Waals surface area contributed by atoms with Crippen LogP contribution in [-0.4, -0.2) is 60.6 Å². The van der Waals surface area contributed by atoms with Gasteiger partial charge >= 0.3 is 0 Å². The molecule has 1 aromatic carbocycles. The highest BCUT2D eigenvalue weighted by atomic mass is 16.2. The summed E-state index contributed by atoms with van der Waals surface area (Å²) in [5, 5.41) is 8.65. The molecule has 0 spiro atoms. The molecule has 4 heteroatoms. The number of rotatable bonds is 1. The van der Waals surface area contributed by atoms with E-state index in [1.165, 1.54) is 0 Å². The first kappa shape index (κ1) is 14.6. The number of hydrogen-bond acceptors (Lipinski definition) is 3. The molecule has 0 unspecified atom stereocenters. The number of aliphatic hydroxyl groups is 1. The van der Waals surface area contributed by atoms with E-state index in [9.17, 15) is 4.79 Å². The lowest BCUT2D eigenvalue weighted by Gasteiger charge is -2.20. The molecule has 0 saturated carbocycles. The van der Waals surface area contributed by atoms with E-state index in [-0.39, 0.29) is 12.5 Å². The second-order valence-corrected chi connectivity index (χ2v) is 4.99. The SMILES string of the molecule is CN1CCCN(C(=O)c2ccc(C#CCO)cc2)CC1. The van der Waals surface area contributed by atoms with E-state index in [0.29, 0.717) is 5.56 Å². The van der Waals surface area contributed by atoms with Crippen molar-refractivity contribution >= 4 is 5.91 Å². The van der Waals surface area contributed by atoms with Crippen LogP contribution in [0.5, 0.6) is 0 Å². The van der Waals surface area contributed by atoms with Crippen LogP contribution in [0, 0.1) is 11.8 Å². The fraction of sp³-hybridized carbons (Fsp3) is 0.438. The summed E-state index contributed by atoms with van der Waals surface area (Å²) >= 11 is 0. The summed E-state index contributed by atoms with van der Waals surface area (Å²) in [6.45, 7) is 3.41. The molecule has 0 atom stereocenters. The molecule has 20 heavy (non-hydrogen) atoms. The molecule has 0 radical (unpaired) electrons. The van der Waals surface area contributed by atoms with Gasteiger partial charge in [-0.15, -0.1) is 0 Å². The summed E-state index contributed by atoms with van der Waals surface area (Å²) in [5.41, 5.74) is 1.51. The highest BCUT2D eigenvalue weighted by molar-refractivity contribution is 5.94. The lowest BCUT2D eigenvalue weighted by molar-refractivity contribution is 0.0763. The van der Waals surface area contributed by atoms with Gasteiger partial charge in [0.25, 0.3) is 5.91 Å². The Morgan fingerprint density at radius 2 is 1.95 bits per heavy atom. The van der Waals surface area contributed by atoms with Crippen molar-refractivity contribution in [3.05, 3.63) is 35.4 Å². The van der Waals surface area contributed by atoms with Crippen LogP contribution < -0.4 is 0 Å². The van der Waals surface area contributed by atoms with Gasteiger partial charge in [-0.1, -0.05) is 11.8 Å². The van der Waals surface area contributed by atoms with Crippen molar-refractivity contribution in [1.29, 1.82) is 0 Å². The molecule has 1 fully saturated rings. The van der Waals surface area contributed by atoms with Gasteiger partial charge in [-0.3, -0.25) is 4.79 Å². The average molecular weight is 272 g/mol. The van der Waals surface area contributed by atoms with Crippen molar-refractivity contribution in [2.24, 2.45) is 0 Å². The maximum Gasteiger partial charge on any atom is 0.253 e. The Labute approximate surface area is 120 Å². The summed E-state index contributed by atoms with van der Waals surface area (Å²) in [6.07, 6.45) is 1.02. The molecule has 1 aliphatic heterocycles. The molecular weight excluding hydrogens is 252 g/mol. The second kappa shape index (κ2) is 7.09. The monoisotopic (exact) mass is 272 g/mol. The Hall–Kier alpha value is -1.83. The van der Waals surface area contributed by atoms with E-state index < -0.39 is 0 Å². The summed E-state index contributed by atoms with van der Waals surface area (Å²) < 4.78 is 0. The van der Waals surface area contributed by atoms with Crippen LogP contribution in [-0.2, 0) is 0 Å². The average Bonchev–Trinajstić information content (AvgIpc) is 2.70. The number of hydrogen-bond donors (Lipinski definition) is 1. The van der Waals surface area contributed by atoms with Crippen molar-refractivity contribution in [3.8, 4) is 11.8 Å². The number of amides is 1. The third-order valence-electron chi connectivity index (χ3n) is 3.45. The van der Waals surface area contributed by atoms with Gasteiger partial charge in [0.05, 0.1) is 0 Å². The van der Waals surface area contributed by atoms with Gasteiger partial charge in [0, 0.05) is 30.8 Å². The fourth-order valence-corrected chi connectivity index (χ4v) is 2.27. The van der Waals surface area contributed by atoms with Gasteiger partial charge in [0.15, 0.2) is 0 Å². The first-order valence-corrected chi connectivity index (χ1v) is 6.88. The summed E-state index contributed by atoms with van der Waals surface area (Å²) in [6, 6.07) is 7.25. The molecule has 1 aliphatic rings. The quantitative estimate of drug-likeness (QED) is 0.769. The van der Waals surface area contributed by atoms with E-state index in [4.69, 9.17) is 5.11 Å². The van der Waals surface area contributed by atoms with E-state index in [2.05, 4.69) is 23.8 Å². The van der Waals surface area contributed by atoms with E-state index in [1.54, 1.807) is 12.1 Å². The molecule has 1 aromatic rings. The minimum atomic E-state index is -0.151. The van der Waals surface area contributed by atoms with Gasteiger partial charge in [0.2, 0.25) is 0 Å². The standard InChI is InChI=1S/C16H20N2O2/c1-17-9-3-10-18(12-11-17)16(20)15-7-5-14(6-8-15)4-2-13-19/h5-8,19H,3,9-13H2,1H3. The Morgan fingerprint density at radius 1 is 1.20 bits per heavy atom. The highest BCUT2D eigenvalue weighted by Crippen LogP contribution is 2.10. The smallest absolute Gasteiger partial charge is 0.253 e. The molecule has 106 valence electrons. The maximum atomic E-state index is 12.4. The van der Waals surface area contributed by atoms with Crippen LogP contribution in [0.25, 0.3) is 0 Å². The van der Waals surface area contributed by atoms with Crippen molar-refractivity contribution < 1.29 is 9.90 Å². The Morgan fingerprint density at radius 3 is 2.65 bits per heavy atom. The molecule has 0 aromatic heterocycles. The summed E-state index contributed by atoms with van der Waals surface area (Å²) in [4.78, 5) is 16.6. The Balaban J connectivity index is 2.05. The number of nitrogens with zero attached hydrogens (tertiary/aromatic N) is 2. The van der Waals surface area contributed by atoms with Gasteiger partial charge in [-0.2, -0.15) is 0 Å². The largest absolute Gasteiger partial charge is 0.384 e. The normalized spacial score (nSPS) is 16.2. The van der Waals surface area contributed by atoms with E-state index in [0.717, 1.165) is 38.2 Å². The predicted octanol–water partition coefficient (Wildman–Crippen LogP) is 0.808. The van der Waals surface area contributed by atoms with E-state index in [1.807, 2.05) is 17.0 Å². The van der Waals surface area contributed by atoms with Crippen LogP contribution in [0.4, 0.5) is 0 Å². The molecule has 1 saturated heterocycles. The number of benzene rings is 1. The molecule has 4 nitrogen and oxygen atoms in total. The zero-order chi connectivity index (χ0) is 14.4. The minimum Gasteiger partial charge on any atom is -0.384 e. The lowest BCUT2D eigenvalue weighted by Crippen LogP contribution is -2.34. The molecule has 0 aliphatic carbocycles. The zero-order valence-electron chi connectivity index (χ0n) is 11.8. The number of carbonyl (C=O) groups is 1. The highest BCUT2D eigenvalue weighted by Gasteiger charge is 2.18. The maximum absolute atomic E-state index is 12.4. The molecule has 1 heterocycles. The van der Waals surface area contributed by atoms with Crippen LogP contribution in [0.2, 0.25) is 0 Å². The lowest BCUT2D eigenvalue weighted by atomic mass is 10.1. The first-order valence-electron chi connectivity index (χ1n) is 6.88. The van der Waals surface area contributed by atoms with Gasteiger partial charge < -0.3 is 14.9 Å². The van der Waals surface area contributed by atoms with Gasteiger partial charge in [0.1, 0.15) is 6.61 Å². The Kier molecular flexibility index (Phi) is 5.16. The fourth-order valence-electron chi connectivity index (χ4n) is 2.27. The van der Waals surface area contributed by atoms with Crippen LogP contribution in [0.15, 0.2) is 24.3 Å². The predicted molar refractivity (Wildman–Crippen MR) is 78.4 cm³/mol. The molecule has 2 rings (SSSR count). The number of carbonyl (C=O) groups excluding carboxylic acids is 1.